The number of allylic oxidation sites excluding steroid dienone is 1. The first-order valence-electron chi connectivity index (χ1n) is 13.2. The van der Waals surface area contributed by atoms with E-state index in [9.17, 15) is 14.4 Å². The molecule has 0 fully saturated rings. The Hall–Kier alpha value is -4.31. The van der Waals surface area contributed by atoms with Gasteiger partial charge in [-0.2, -0.15) is 10.1 Å². The number of para-hydroxylation sites is 2. The molecular weight excluding hydrogens is 526 g/mol. The lowest BCUT2D eigenvalue weighted by molar-refractivity contribution is -0.127. The van der Waals surface area contributed by atoms with Gasteiger partial charge in [0.2, 0.25) is 0 Å². The predicted molar refractivity (Wildman–Crippen MR) is 156 cm³/mol. The van der Waals surface area contributed by atoms with Gasteiger partial charge in [-0.15, -0.1) is 0 Å². The Morgan fingerprint density at radius 3 is 2.40 bits per heavy atom. The topological polar surface area (TPSA) is 96.6 Å². The summed E-state index contributed by atoms with van der Waals surface area (Å²) < 4.78 is 7.58. The Morgan fingerprint density at radius 2 is 1.73 bits per heavy atom. The minimum absolute atomic E-state index is 0.177. The van der Waals surface area contributed by atoms with Gasteiger partial charge in [0.1, 0.15) is 17.7 Å². The van der Waals surface area contributed by atoms with Crippen molar-refractivity contribution in [2.24, 2.45) is 16.0 Å². The third kappa shape index (κ3) is 4.58. The molecule has 2 aliphatic rings. The molecule has 10 heteroatoms. The maximum Gasteiger partial charge on any atom is 0.270 e. The van der Waals surface area contributed by atoms with Crippen LogP contribution in [-0.4, -0.2) is 47.2 Å². The molecule has 206 valence electrons. The van der Waals surface area contributed by atoms with Gasteiger partial charge in [-0.3, -0.25) is 19.0 Å². The zero-order valence-electron chi connectivity index (χ0n) is 23.1. The highest BCUT2D eigenvalue weighted by molar-refractivity contribution is 7.07. The number of rotatable bonds is 7. The summed E-state index contributed by atoms with van der Waals surface area (Å²) in [5.74, 6) is -0.536. The van der Waals surface area contributed by atoms with E-state index < -0.39 is 12.0 Å². The molecule has 3 heterocycles. The lowest BCUT2D eigenvalue weighted by Gasteiger charge is -2.29. The molecule has 0 spiro atoms. The van der Waals surface area contributed by atoms with E-state index in [1.165, 1.54) is 16.3 Å². The molecule has 0 N–H and O–H groups in total. The van der Waals surface area contributed by atoms with E-state index >= 15 is 0 Å². The molecule has 0 aliphatic carbocycles. The Bertz CT molecular complexity index is 1720. The zero-order valence-corrected chi connectivity index (χ0v) is 23.9. The maximum absolute atomic E-state index is 14.1. The molecule has 0 unspecified atom stereocenters. The summed E-state index contributed by atoms with van der Waals surface area (Å²) >= 11 is 1.20. The van der Waals surface area contributed by atoms with Crippen molar-refractivity contribution in [1.29, 1.82) is 0 Å². The van der Waals surface area contributed by atoms with Gasteiger partial charge >= 0.3 is 0 Å². The van der Waals surface area contributed by atoms with E-state index in [0.29, 0.717) is 56.4 Å². The number of ether oxygens (including phenoxy) is 1. The molecule has 9 nitrogen and oxygen atoms in total. The summed E-state index contributed by atoms with van der Waals surface area (Å²) in [5, 5.41) is 5.84. The molecule has 3 aromatic rings. The predicted octanol–water partition coefficient (Wildman–Crippen LogP) is 3.10. The van der Waals surface area contributed by atoms with Crippen LogP contribution in [0, 0.1) is 5.92 Å². The number of amides is 2. The van der Waals surface area contributed by atoms with E-state index in [0.717, 1.165) is 0 Å². The van der Waals surface area contributed by atoms with Gasteiger partial charge in [0, 0.05) is 18.7 Å². The summed E-state index contributed by atoms with van der Waals surface area (Å²) in [7, 11) is 1.57. The Labute approximate surface area is 236 Å². The maximum atomic E-state index is 14.1. The van der Waals surface area contributed by atoms with Crippen LogP contribution in [0.5, 0.6) is 5.75 Å². The molecule has 1 aromatic heterocycles. The normalized spacial score (nSPS) is 18.9. The van der Waals surface area contributed by atoms with E-state index in [4.69, 9.17) is 9.73 Å². The number of hydrogen-bond acceptors (Lipinski definition) is 7. The molecular formula is C30H31N5O4S. The van der Waals surface area contributed by atoms with Crippen molar-refractivity contribution < 1.29 is 14.3 Å². The van der Waals surface area contributed by atoms with Crippen molar-refractivity contribution in [3.8, 4) is 5.75 Å². The first-order chi connectivity index (χ1) is 19.3. The van der Waals surface area contributed by atoms with Crippen LogP contribution in [0.25, 0.3) is 6.08 Å². The van der Waals surface area contributed by atoms with Crippen LogP contribution in [-0.2, 0) is 9.59 Å². The number of carbonyl (C=O) groups excluding carboxylic acids is 2. The number of hydrazone groups is 1. The number of nitrogens with zero attached hydrogens (tertiary/aromatic N) is 5. The Kier molecular flexibility index (Phi) is 7.53. The zero-order chi connectivity index (χ0) is 28.6. The molecule has 40 heavy (non-hydrogen) atoms. The van der Waals surface area contributed by atoms with Crippen molar-refractivity contribution in [2.45, 2.75) is 33.7 Å². The van der Waals surface area contributed by atoms with Crippen LogP contribution in [0.2, 0.25) is 0 Å². The smallest absolute Gasteiger partial charge is 0.270 e. The SMILES string of the molecule is CCN(CC)C(=O)C1=C(C)N=c2s/c(=C\[C@@H]3C(=O)N(c4ccccc4)N=C3C)c(=O)n2[C@H]1c1ccccc1OC. The number of benzene rings is 2. The van der Waals surface area contributed by atoms with Gasteiger partial charge in [-0.1, -0.05) is 47.7 Å². The van der Waals surface area contributed by atoms with Gasteiger partial charge in [-0.25, -0.2) is 4.99 Å². The third-order valence-corrected chi connectivity index (χ3v) is 8.24. The first kappa shape index (κ1) is 27.3. The molecule has 0 radical (unpaired) electrons. The van der Waals surface area contributed by atoms with Gasteiger partial charge in [0.05, 0.1) is 34.3 Å². The lowest BCUT2D eigenvalue weighted by Crippen LogP contribution is -2.43. The van der Waals surface area contributed by atoms with Crippen LogP contribution in [0.3, 0.4) is 0 Å². The van der Waals surface area contributed by atoms with Crippen molar-refractivity contribution in [3.63, 3.8) is 0 Å². The highest BCUT2D eigenvalue weighted by Crippen LogP contribution is 2.36. The minimum Gasteiger partial charge on any atom is -0.496 e. The Balaban J connectivity index is 1.67. The van der Waals surface area contributed by atoms with Crippen molar-refractivity contribution in [2.75, 3.05) is 25.2 Å². The number of hydrogen-bond donors (Lipinski definition) is 0. The fourth-order valence-corrected chi connectivity index (χ4v) is 6.21. The Morgan fingerprint density at radius 1 is 1.05 bits per heavy atom. The number of aromatic nitrogens is 1. The highest BCUT2D eigenvalue weighted by atomic mass is 32.1. The van der Waals surface area contributed by atoms with Crippen LogP contribution in [0.1, 0.15) is 39.3 Å². The number of carbonyl (C=O) groups is 2. The van der Waals surface area contributed by atoms with Gasteiger partial charge in [-0.05, 0) is 52.0 Å². The monoisotopic (exact) mass is 557 g/mol. The fraction of sp³-hybridized carbons (Fsp3) is 0.300. The molecule has 0 saturated heterocycles. The van der Waals surface area contributed by atoms with E-state index in [1.807, 2.05) is 68.4 Å². The number of fused-ring (bicyclic) bond motifs is 1. The summed E-state index contributed by atoms with van der Waals surface area (Å²) in [6.07, 6.45) is 1.67. The molecule has 0 saturated carbocycles. The second kappa shape index (κ2) is 11.1. The second-order valence-electron chi connectivity index (χ2n) is 9.53. The van der Waals surface area contributed by atoms with E-state index in [1.54, 1.807) is 36.5 Å². The summed E-state index contributed by atoms with van der Waals surface area (Å²) in [5.41, 5.74) is 2.59. The average molecular weight is 558 g/mol. The molecule has 2 aromatic carbocycles. The summed E-state index contributed by atoms with van der Waals surface area (Å²) in [6.45, 7) is 8.47. The van der Waals surface area contributed by atoms with Crippen LogP contribution < -0.4 is 24.6 Å². The average Bonchev–Trinajstić information content (AvgIpc) is 3.43. The van der Waals surface area contributed by atoms with E-state index in [-0.39, 0.29) is 17.4 Å². The fourth-order valence-electron chi connectivity index (χ4n) is 5.15. The van der Waals surface area contributed by atoms with Crippen molar-refractivity contribution >= 4 is 40.6 Å². The molecule has 0 bridgehead atoms. The van der Waals surface area contributed by atoms with Gasteiger partial charge < -0.3 is 9.64 Å². The van der Waals surface area contributed by atoms with Gasteiger partial charge in [0.15, 0.2) is 4.80 Å². The minimum atomic E-state index is -0.738. The lowest BCUT2D eigenvalue weighted by atomic mass is 9.94. The quantitative estimate of drug-likeness (QED) is 0.446. The number of thiazole rings is 1. The van der Waals surface area contributed by atoms with Crippen molar-refractivity contribution in [1.82, 2.24) is 9.47 Å². The highest BCUT2D eigenvalue weighted by Gasteiger charge is 2.37. The van der Waals surface area contributed by atoms with Crippen LogP contribution >= 0.6 is 11.3 Å². The van der Waals surface area contributed by atoms with Crippen LogP contribution in [0.4, 0.5) is 5.69 Å². The van der Waals surface area contributed by atoms with Gasteiger partial charge in [0.25, 0.3) is 17.4 Å². The molecule has 5 rings (SSSR count). The molecule has 2 amide bonds. The third-order valence-electron chi connectivity index (χ3n) is 7.24. The second-order valence-corrected chi connectivity index (χ2v) is 10.5. The number of likely N-dealkylation sites (N-methyl/N-ethyl adjacent to an activating group) is 1. The van der Waals surface area contributed by atoms with E-state index in [2.05, 4.69) is 5.10 Å². The standard InChI is InChI=1S/C30H31N5O4S/c1-6-33(7-2)29(38)25-19(4)31-30-34(26(25)21-15-11-12-16-23(21)39-5)28(37)24(40-30)17-22-18(3)32-35(27(22)36)20-13-9-8-10-14-20/h8-17,22,26H,6-7H2,1-5H3/b24-17-/t22-,26-/m0/s1. The molecule has 2 aliphatic heterocycles. The summed E-state index contributed by atoms with van der Waals surface area (Å²) in [6, 6.07) is 15.8. The summed E-state index contributed by atoms with van der Waals surface area (Å²) in [4.78, 5) is 48.1. The number of anilines is 1. The van der Waals surface area contributed by atoms with Crippen molar-refractivity contribution in [3.05, 3.63) is 91.1 Å². The van der Waals surface area contributed by atoms with Crippen LogP contribution in [0.15, 0.2) is 80.8 Å². The first-order valence-corrected chi connectivity index (χ1v) is 14.0. The molecule has 2 atom stereocenters. The number of methoxy groups -OCH3 is 1. The largest absolute Gasteiger partial charge is 0.496 e.